The zero-order chi connectivity index (χ0) is 28.2. The first-order valence-electron chi connectivity index (χ1n) is 13.5. The van der Waals surface area contributed by atoms with Gasteiger partial charge in [0, 0.05) is 67.4 Å². The van der Waals surface area contributed by atoms with Crippen molar-refractivity contribution in [1.29, 1.82) is 0 Å². The van der Waals surface area contributed by atoms with Crippen LogP contribution in [0.3, 0.4) is 0 Å². The van der Waals surface area contributed by atoms with E-state index in [0.717, 1.165) is 36.0 Å². The maximum absolute atomic E-state index is 14.7. The van der Waals surface area contributed by atoms with Gasteiger partial charge in [-0.15, -0.1) is 5.10 Å². The third kappa shape index (κ3) is 5.18. The Hall–Kier alpha value is -2.79. The van der Waals surface area contributed by atoms with Crippen LogP contribution in [0, 0.1) is 23.1 Å². The maximum atomic E-state index is 14.7. The molecule has 12 heteroatoms. The number of halogens is 6. The molecule has 3 fully saturated rings. The van der Waals surface area contributed by atoms with Crippen molar-refractivity contribution in [2.24, 2.45) is 27.5 Å². The minimum Gasteiger partial charge on any atom is -0.355 e. The van der Waals surface area contributed by atoms with Crippen LogP contribution in [0.4, 0.5) is 33.5 Å². The molecular weight excluding hydrogens is 551 g/mol. The van der Waals surface area contributed by atoms with Gasteiger partial charge in [-0.2, -0.15) is 5.10 Å². The Labute approximate surface area is 234 Å². The average molecular weight is 581 g/mol. The SMILES string of the molecule is C=N/N=C(/C1CC2(C1)CN(c1ccc(F)c(C(F)F)n1)C2)N1CCN(CC(F)(F)C2CC2)Cc2cc(Cl)ccc21. The molecule has 2 aliphatic carbocycles. The van der Waals surface area contributed by atoms with Gasteiger partial charge >= 0.3 is 0 Å². The van der Waals surface area contributed by atoms with Crippen LogP contribution < -0.4 is 9.80 Å². The minimum absolute atomic E-state index is 0.0271. The topological polar surface area (TPSA) is 47.3 Å². The first-order chi connectivity index (χ1) is 19.1. The molecule has 0 radical (unpaired) electrons. The molecule has 1 spiro atoms. The lowest BCUT2D eigenvalue weighted by molar-refractivity contribution is -0.0527. The Morgan fingerprint density at radius 1 is 1.15 bits per heavy atom. The summed E-state index contributed by atoms with van der Waals surface area (Å²) in [6.07, 6.45) is -0.242. The number of fused-ring (bicyclic) bond motifs is 1. The molecule has 0 bridgehead atoms. The van der Waals surface area contributed by atoms with Gasteiger partial charge in [0.25, 0.3) is 12.3 Å². The third-order valence-electron chi connectivity index (χ3n) is 8.59. The van der Waals surface area contributed by atoms with Gasteiger partial charge in [-0.05, 0) is 61.6 Å². The van der Waals surface area contributed by atoms with Crippen molar-refractivity contribution in [3.8, 4) is 0 Å². The molecular formula is C28H30ClF5N6. The van der Waals surface area contributed by atoms with Crippen LogP contribution in [0.25, 0.3) is 0 Å². The second-order valence-electron chi connectivity index (χ2n) is 11.6. The first kappa shape index (κ1) is 27.4. The number of hydrogen-bond acceptors (Lipinski definition) is 5. The normalized spacial score (nSPS) is 21.7. The number of rotatable bonds is 7. The molecule has 2 aromatic rings. The van der Waals surface area contributed by atoms with Crippen LogP contribution in [0.5, 0.6) is 0 Å². The fourth-order valence-corrected chi connectivity index (χ4v) is 6.68. The molecule has 1 saturated heterocycles. The number of anilines is 2. The number of pyridine rings is 1. The maximum Gasteiger partial charge on any atom is 0.283 e. The van der Waals surface area contributed by atoms with Crippen LogP contribution in [0.2, 0.25) is 5.02 Å². The van der Waals surface area contributed by atoms with Crippen LogP contribution >= 0.6 is 11.6 Å². The molecule has 0 amide bonds. The zero-order valence-corrected chi connectivity index (χ0v) is 22.6. The van der Waals surface area contributed by atoms with Gasteiger partial charge < -0.3 is 9.80 Å². The van der Waals surface area contributed by atoms with Gasteiger partial charge in [0.2, 0.25) is 0 Å². The summed E-state index contributed by atoms with van der Waals surface area (Å²) in [4.78, 5) is 9.57. The van der Waals surface area contributed by atoms with Crippen molar-refractivity contribution in [2.45, 2.75) is 44.6 Å². The van der Waals surface area contributed by atoms with Crippen molar-refractivity contribution in [3.63, 3.8) is 0 Å². The summed E-state index contributed by atoms with van der Waals surface area (Å²) in [7, 11) is 0. The molecule has 6 nitrogen and oxygen atoms in total. The van der Waals surface area contributed by atoms with E-state index in [9.17, 15) is 22.0 Å². The van der Waals surface area contributed by atoms with E-state index in [0.29, 0.717) is 56.4 Å². The largest absolute Gasteiger partial charge is 0.355 e. The molecule has 0 N–H and O–H groups in total. The van der Waals surface area contributed by atoms with Gasteiger partial charge in [-0.25, -0.2) is 26.9 Å². The van der Waals surface area contributed by atoms with Crippen molar-refractivity contribution in [3.05, 3.63) is 52.4 Å². The average Bonchev–Trinajstić information content (AvgIpc) is 3.70. The Bertz CT molecular complexity index is 1320. The highest BCUT2D eigenvalue weighted by Crippen LogP contribution is 2.54. The Morgan fingerprint density at radius 2 is 1.90 bits per heavy atom. The van der Waals surface area contributed by atoms with E-state index in [1.54, 1.807) is 11.0 Å². The number of hydrogen-bond donors (Lipinski definition) is 0. The number of amidine groups is 1. The second-order valence-corrected chi connectivity index (χ2v) is 12.0. The molecule has 4 aliphatic rings. The summed E-state index contributed by atoms with van der Waals surface area (Å²) < 4.78 is 69.4. The van der Waals surface area contributed by atoms with Gasteiger partial charge in [0.15, 0.2) is 5.82 Å². The molecule has 40 heavy (non-hydrogen) atoms. The monoisotopic (exact) mass is 580 g/mol. The Balaban J connectivity index is 1.17. The first-order valence-corrected chi connectivity index (χ1v) is 13.8. The molecule has 6 rings (SSSR count). The van der Waals surface area contributed by atoms with E-state index in [1.165, 1.54) is 6.07 Å². The summed E-state index contributed by atoms with van der Waals surface area (Å²) in [5.41, 5.74) is 0.866. The van der Waals surface area contributed by atoms with Gasteiger partial charge in [-0.3, -0.25) is 4.90 Å². The van der Waals surface area contributed by atoms with E-state index < -0.39 is 29.8 Å². The summed E-state index contributed by atoms with van der Waals surface area (Å²) >= 11 is 6.31. The summed E-state index contributed by atoms with van der Waals surface area (Å²) in [6.45, 7) is 5.77. The molecule has 214 valence electrons. The zero-order valence-electron chi connectivity index (χ0n) is 21.8. The summed E-state index contributed by atoms with van der Waals surface area (Å²) in [5, 5.41) is 8.80. The number of nitrogens with zero attached hydrogens (tertiary/aromatic N) is 6. The van der Waals surface area contributed by atoms with E-state index in [-0.39, 0.29) is 17.9 Å². The van der Waals surface area contributed by atoms with Gasteiger partial charge in [0.1, 0.15) is 17.3 Å². The number of aromatic nitrogens is 1. The molecule has 2 saturated carbocycles. The van der Waals surface area contributed by atoms with Crippen LogP contribution in [0.1, 0.15) is 43.4 Å². The molecule has 1 aromatic heterocycles. The molecule has 0 atom stereocenters. The molecule has 3 heterocycles. The van der Waals surface area contributed by atoms with Crippen LogP contribution in [-0.2, 0) is 6.54 Å². The van der Waals surface area contributed by atoms with E-state index >= 15 is 0 Å². The van der Waals surface area contributed by atoms with E-state index in [2.05, 4.69) is 26.8 Å². The quantitative estimate of drug-likeness (QED) is 0.164. The molecule has 0 unspecified atom stereocenters. The molecule has 1 aromatic carbocycles. The lowest BCUT2D eigenvalue weighted by atomic mass is 9.57. The minimum atomic E-state index is -2.98. The van der Waals surface area contributed by atoms with Gasteiger partial charge in [0.05, 0.1) is 6.54 Å². The second kappa shape index (κ2) is 10.2. The fourth-order valence-electron chi connectivity index (χ4n) is 6.49. The summed E-state index contributed by atoms with van der Waals surface area (Å²) in [5.74, 6) is -3.13. The van der Waals surface area contributed by atoms with E-state index in [4.69, 9.17) is 11.6 Å². The summed E-state index contributed by atoms with van der Waals surface area (Å²) in [6, 6.07) is 7.98. The Morgan fingerprint density at radius 3 is 2.58 bits per heavy atom. The highest BCUT2D eigenvalue weighted by molar-refractivity contribution is 6.30. The fraction of sp³-hybridized carbons (Fsp3) is 0.536. The predicted octanol–water partition coefficient (Wildman–Crippen LogP) is 6.41. The van der Waals surface area contributed by atoms with Crippen molar-refractivity contribution < 1.29 is 22.0 Å². The van der Waals surface area contributed by atoms with Gasteiger partial charge in [-0.1, -0.05) is 11.6 Å². The Kier molecular flexibility index (Phi) is 7.01. The van der Waals surface area contributed by atoms with Crippen LogP contribution in [0.15, 0.2) is 40.5 Å². The van der Waals surface area contributed by atoms with Crippen molar-refractivity contribution in [1.82, 2.24) is 9.88 Å². The highest BCUT2D eigenvalue weighted by atomic mass is 35.5. The van der Waals surface area contributed by atoms with Crippen LogP contribution in [-0.4, -0.2) is 61.1 Å². The lowest BCUT2D eigenvalue weighted by Gasteiger charge is -2.60. The van der Waals surface area contributed by atoms with Crippen molar-refractivity contribution in [2.75, 3.05) is 42.5 Å². The standard InChI is InChI=1S/C28H30ClF5N6/c1-35-37-26(18-11-27(12-18)14-39(15-27)23-7-5-21(30)24(36-23)25(31)32)40-9-8-38(16-28(33,34)19-2-3-19)13-17-10-20(29)4-6-22(17)40/h4-7,10,18-19,25H,1-3,8-9,11-16H2/b37-26-. The third-order valence-corrected chi connectivity index (χ3v) is 8.83. The smallest absolute Gasteiger partial charge is 0.283 e. The number of benzene rings is 1. The van der Waals surface area contributed by atoms with Crippen molar-refractivity contribution >= 4 is 35.7 Å². The lowest BCUT2D eigenvalue weighted by Crippen LogP contribution is -2.64. The van der Waals surface area contributed by atoms with E-state index in [1.807, 2.05) is 17.0 Å². The predicted molar refractivity (Wildman–Crippen MR) is 145 cm³/mol. The highest BCUT2D eigenvalue weighted by Gasteiger charge is 2.55. The molecule has 2 aliphatic heterocycles. The number of alkyl halides is 4.